The lowest BCUT2D eigenvalue weighted by Gasteiger charge is -2.25. The van der Waals surface area contributed by atoms with E-state index in [0.29, 0.717) is 5.69 Å². The molecule has 1 aromatic rings. The summed E-state index contributed by atoms with van der Waals surface area (Å²) in [5.41, 5.74) is 11.4. The summed E-state index contributed by atoms with van der Waals surface area (Å²) in [6, 6.07) is -5.07. The zero-order chi connectivity index (χ0) is 27.4. The molecule has 0 radical (unpaired) electrons. The van der Waals surface area contributed by atoms with Crippen LogP contribution < -0.4 is 27.4 Å². The highest BCUT2D eigenvalue weighted by molar-refractivity contribution is 5.94. The molecule has 1 heterocycles. The number of H-pyrrole nitrogens is 1. The minimum atomic E-state index is -1.34. The molecule has 10 N–H and O–H groups in total. The van der Waals surface area contributed by atoms with Crippen LogP contribution in [-0.2, 0) is 35.2 Å². The van der Waals surface area contributed by atoms with Crippen LogP contribution in [0.3, 0.4) is 0 Å². The van der Waals surface area contributed by atoms with Gasteiger partial charge in [0.15, 0.2) is 0 Å². The molecule has 4 atom stereocenters. The molecule has 200 valence electrons. The van der Waals surface area contributed by atoms with E-state index in [9.17, 15) is 33.9 Å². The summed E-state index contributed by atoms with van der Waals surface area (Å²) < 4.78 is 0. The fraction of sp³-hybridized carbons (Fsp3) is 0.571. The van der Waals surface area contributed by atoms with Gasteiger partial charge < -0.3 is 42.6 Å². The topological polar surface area (TPSA) is 260 Å². The smallest absolute Gasteiger partial charge is 0.326 e. The van der Waals surface area contributed by atoms with Crippen LogP contribution in [0.5, 0.6) is 0 Å². The first kappa shape index (κ1) is 30.0. The van der Waals surface area contributed by atoms with Gasteiger partial charge in [0, 0.05) is 31.2 Å². The third-order valence-corrected chi connectivity index (χ3v) is 5.16. The molecule has 0 aliphatic carbocycles. The van der Waals surface area contributed by atoms with Gasteiger partial charge in [0.1, 0.15) is 18.1 Å². The normalized spacial score (nSPS) is 14.2. The Kier molecular flexibility index (Phi) is 12.0. The molecule has 15 heteroatoms. The van der Waals surface area contributed by atoms with Gasteiger partial charge in [0.05, 0.1) is 12.4 Å². The van der Waals surface area contributed by atoms with Crippen LogP contribution >= 0.6 is 0 Å². The maximum absolute atomic E-state index is 13.1. The number of carboxylic acid groups (broad SMARTS) is 2. The van der Waals surface area contributed by atoms with Crippen LogP contribution in [-0.4, -0.2) is 79.9 Å². The average molecular weight is 512 g/mol. The fourth-order valence-electron chi connectivity index (χ4n) is 3.11. The number of amides is 4. The predicted octanol–water partition coefficient (Wildman–Crippen LogP) is -2.40. The second-order valence-electron chi connectivity index (χ2n) is 8.52. The summed E-state index contributed by atoms with van der Waals surface area (Å²) in [7, 11) is 0. The summed E-state index contributed by atoms with van der Waals surface area (Å²) in [5, 5.41) is 25.3. The van der Waals surface area contributed by atoms with Gasteiger partial charge in [-0.2, -0.15) is 0 Å². The van der Waals surface area contributed by atoms with E-state index in [2.05, 4.69) is 25.9 Å². The first-order chi connectivity index (χ1) is 16.8. The second kappa shape index (κ2) is 14.4. The Balaban J connectivity index is 3.07. The van der Waals surface area contributed by atoms with E-state index in [1.54, 1.807) is 13.8 Å². The van der Waals surface area contributed by atoms with Crippen molar-refractivity contribution in [2.45, 2.75) is 70.1 Å². The number of carbonyl (C=O) groups excluding carboxylic acids is 4. The SMILES string of the molecule is CC(C)C(NC(=O)C(CCC(N)=O)NC(=O)C(Cc1cnc[nH]1)NC(=O)C(N)CCC(=O)O)C(=O)O. The number of carbonyl (C=O) groups is 6. The number of nitrogens with two attached hydrogens (primary N) is 2. The van der Waals surface area contributed by atoms with Crippen LogP contribution in [0.15, 0.2) is 12.5 Å². The van der Waals surface area contributed by atoms with Crippen molar-refractivity contribution < 1.29 is 39.0 Å². The van der Waals surface area contributed by atoms with Gasteiger partial charge in [-0.1, -0.05) is 13.8 Å². The molecule has 0 saturated heterocycles. The number of imidazole rings is 1. The largest absolute Gasteiger partial charge is 0.481 e. The number of aromatic amines is 1. The Morgan fingerprint density at radius 1 is 0.944 bits per heavy atom. The Labute approximate surface area is 206 Å². The number of rotatable bonds is 16. The summed E-state index contributed by atoms with van der Waals surface area (Å²) in [6.45, 7) is 3.17. The van der Waals surface area contributed by atoms with E-state index in [-0.39, 0.29) is 32.1 Å². The van der Waals surface area contributed by atoms with Crippen LogP contribution in [0.1, 0.15) is 45.2 Å². The van der Waals surface area contributed by atoms with Gasteiger partial charge in [-0.15, -0.1) is 0 Å². The number of hydrogen-bond acceptors (Lipinski definition) is 8. The zero-order valence-electron chi connectivity index (χ0n) is 20.0. The van der Waals surface area contributed by atoms with Gasteiger partial charge in [-0.05, 0) is 18.8 Å². The highest BCUT2D eigenvalue weighted by Gasteiger charge is 2.31. The summed E-state index contributed by atoms with van der Waals surface area (Å²) >= 11 is 0. The van der Waals surface area contributed by atoms with Crippen molar-refractivity contribution in [2.75, 3.05) is 0 Å². The summed E-state index contributed by atoms with van der Waals surface area (Å²) in [5.74, 6) is -6.11. The third kappa shape index (κ3) is 10.5. The fourth-order valence-corrected chi connectivity index (χ4v) is 3.11. The minimum absolute atomic E-state index is 0.0862. The lowest BCUT2D eigenvalue weighted by molar-refractivity contribution is -0.143. The molecule has 1 aromatic heterocycles. The molecule has 0 fully saturated rings. The van der Waals surface area contributed by atoms with Crippen molar-refractivity contribution in [3.63, 3.8) is 0 Å². The molecule has 1 rings (SSSR count). The molecule has 0 saturated carbocycles. The summed E-state index contributed by atoms with van der Waals surface area (Å²) in [4.78, 5) is 78.5. The highest BCUT2D eigenvalue weighted by Crippen LogP contribution is 2.07. The van der Waals surface area contributed by atoms with Gasteiger partial charge in [0.25, 0.3) is 0 Å². The number of carboxylic acids is 2. The van der Waals surface area contributed by atoms with Gasteiger partial charge in [-0.25, -0.2) is 9.78 Å². The van der Waals surface area contributed by atoms with Gasteiger partial charge >= 0.3 is 11.9 Å². The van der Waals surface area contributed by atoms with Crippen LogP contribution in [0, 0.1) is 5.92 Å². The molecule has 15 nitrogen and oxygen atoms in total. The molecule has 4 unspecified atom stereocenters. The minimum Gasteiger partial charge on any atom is -0.481 e. The average Bonchev–Trinajstić information content (AvgIpc) is 3.30. The molecule has 0 bridgehead atoms. The van der Waals surface area contributed by atoms with Crippen molar-refractivity contribution in [3.05, 3.63) is 18.2 Å². The van der Waals surface area contributed by atoms with Crippen LogP contribution in [0.2, 0.25) is 0 Å². The molecular formula is C21H33N7O8. The molecule has 36 heavy (non-hydrogen) atoms. The van der Waals surface area contributed by atoms with E-state index in [1.165, 1.54) is 12.5 Å². The Morgan fingerprint density at radius 3 is 2.06 bits per heavy atom. The van der Waals surface area contributed by atoms with Crippen LogP contribution in [0.25, 0.3) is 0 Å². The van der Waals surface area contributed by atoms with Crippen molar-refractivity contribution in [2.24, 2.45) is 17.4 Å². The van der Waals surface area contributed by atoms with E-state index in [1.807, 2.05) is 0 Å². The maximum atomic E-state index is 13.1. The number of aromatic nitrogens is 2. The number of primary amides is 1. The second-order valence-corrected chi connectivity index (χ2v) is 8.52. The van der Waals surface area contributed by atoms with Gasteiger partial charge in [0.2, 0.25) is 23.6 Å². The zero-order valence-corrected chi connectivity index (χ0v) is 20.0. The Hall–Kier alpha value is -4.01. The molecule has 0 aliphatic heterocycles. The summed E-state index contributed by atoms with van der Waals surface area (Å²) in [6.07, 6.45) is 1.64. The van der Waals surface area contributed by atoms with E-state index < -0.39 is 65.7 Å². The van der Waals surface area contributed by atoms with E-state index in [0.717, 1.165) is 0 Å². The quantitative estimate of drug-likeness (QED) is 0.117. The van der Waals surface area contributed by atoms with Crippen molar-refractivity contribution >= 4 is 35.6 Å². The third-order valence-electron chi connectivity index (χ3n) is 5.16. The van der Waals surface area contributed by atoms with Crippen molar-refractivity contribution in [3.8, 4) is 0 Å². The molecule has 4 amide bonds. The standard InChI is InChI=1S/C21H33N7O8/c1-10(2)17(21(35)36)28-19(33)13(4-5-15(23)29)26-20(34)14(7-11-8-24-9-25-11)27-18(32)12(22)3-6-16(30)31/h8-10,12-14,17H,3-7,22H2,1-2H3,(H2,23,29)(H,24,25)(H,26,34)(H,27,32)(H,28,33)(H,30,31)(H,35,36). The van der Waals surface area contributed by atoms with Crippen molar-refractivity contribution in [1.29, 1.82) is 0 Å². The first-order valence-corrected chi connectivity index (χ1v) is 11.2. The number of aliphatic carboxylic acids is 2. The number of hydrogen-bond donors (Lipinski definition) is 8. The van der Waals surface area contributed by atoms with E-state index in [4.69, 9.17) is 16.6 Å². The Morgan fingerprint density at radius 2 is 1.56 bits per heavy atom. The lowest BCUT2D eigenvalue weighted by Crippen LogP contribution is -2.58. The van der Waals surface area contributed by atoms with Gasteiger partial charge in [-0.3, -0.25) is 24.0 Å². The molecule has 0 aliphatic rings. The van der Waals surface area contributed by atoms with Crippen LogP contribution in [0.4, 0.5) is 0 Å². The number of nitrogens with one attached hydrogen (secondary N) is 4. The number of nitrogens with zero attached hydrogens (tertiary/aromatic N) is 1. The predicted molar refractivity (Wildman–Crippen MR) is 124 cm³/mol. The Bertz CT molecular complexity index is 935. The monoisotopic (exact) mass is 511 g/mol. The molecule has 0 aromatic carbocycles. The molecule has 0 spiro atoms. The maximum Gasteiger partial charge on any atom is 0.326 e. The lowest BCUT2D eigenvalue weighted by atomic mass is 10.0. The first-order valence-electron chi connectivity index (χ1n) is 11.2. The van der Waals surface area contributed by atoms with Crippen molar-refractivity contribution in [1.82, 2.24) is 25.9 Å². The molecular weight excluding hydrogens is 478 g/mol. The van der Waals surface area contributed by atoms with E-state index >= 15 is 0 Å². The highest BCUT2D eigenvalue weighted by atomic mass is 16.4.